The molecule has 1 N–H and O–H groups in total. The fourth-order valence-corrected chi connectivity index (χ4v) is 24.2. The Balaban J connectivity index is 1.69. The first-order valence-corrected chi connectivity index (χ1v) is 23.0. The molecule has 0 bridgehead atoms. The molecular weight excluding hydrogens is 524 g/mol. The Morgan fingerprint density at radius 2 is 0.459 bits per heavy atom. The molecule has 216 valence electrons. The summed E-state index contributed by atoms with van der Waals surface area (Å²) in [5.74, 6) is 0. The molecule has 0 aromatic rings. The highest BCUT2D eigenvalue weighted by molar-refractivity contribution is 8.23. The first-order valence-electron chi connectivity index (χ1n) is 17.1. The summed E-state index contributed by atoms with van der Waals surface area (Å²) in [6.45, 7) is 0. The van der Waals surface area contributed by atoms with Crippen LogP contribution in [0, 0.1) is 0 Å². The maximum Gasteiger partial charge on any atom is 0.0223 e. The van der Waals surface area contributed by atoms with Crippen molar-refractivity contribution in [1.29, 1.82) is 0 Å². The molecule has 4 rings (SSSR count). The van der Waals surface area contributed by atoms with Crippen molar-refractivity contribution in [3.8, 4) is 0 Å². The molecular formula is C32H61NP2S2. The second-order valence-corrected chi connectivity index (χ2v) is 23.7. The Labute approximate surface area is 242 Å². The second-order valence-electron chi connectivity index (χ2n) is 13.5. The zero-order chi connectivity index (χ0) is 25.8. The van der Waals surface area contributed by atoms with E-state index in [1.54, 1.807) is 0 Å². The van der Waals surface area contributed by atoms with Crippen molar-refractivity contribution in [2.75, 3.05) is 0 Å². The minimum atomic E-state index is -1.74. The Bertz CT molecular complexity index is 596. The van der Waals surface area contributed by atoms with E-state index in [2.05, 4.69) is 0 Å². The zero-order valence-electron chi connectivity index (χ0n) is 24.3. The maximum absolute atomic E-state index is 7.22. The van der Waals surface area contributed by atoms with Gasteiger partial charge in [0.05, 0.1) is 0 Å². The van der Waals surface area contributed by atoms with Gasteiger partial charge in [-0.2, -0.15) is 0 Å². The molecule has 4 aliphatic rings. The van der Waals surface area contributed by atoms with Crippen LogP contribution in [-0.2, 0) is 23.6 Å². The van der Waals surface area contributed by atoms with E-state index in [9.17, 15) is 0 Å². The number of hydrogen-bond donors (Lipinski definition) is 1. The molecule has 4 aliphatic carbocycles. The molecule has 0 atom stereocenters. The van der Waals surface area contributed by atoms with Crippen molar-refractivity contribution < 1.29 is 0 Å². The van der Waals surface area contributed by atoms with Crippen LogP contribution in [0.1, 0.15) is 180 Å². The third-order valence-electron chi connectivity index (χ3n) is 10.8. The van der Waals surface area contributed by atoms with Crippen molar-refractivity contribution in [1.82, 2.24) is 4.86 Å². The van der Waals surface area contributed by atoms with Crippen molar-refractivity contribution in [3.63, 3.8) is 0 Å². The van der Waals surface area contributed by atoms with Crippen LogP contribution in [0.3, 0.4) is 0 Å². The fraction of sp³-hybridized carbons (Fsp3) is 1.00. The van der Waals surface area contributed by atoms with E-state index >= 15 is 0 Å². The first kappa shape index (κ1) is 31.2. The number of nitrogens with one attached hydrogen (secondary N) is 1. The van der Waals surface area contributed by atoms with Crippen molar-refractivity contribution in [2.24, 2.45) is 0 Å². The lowest BCUT2D eigenvalue weighted by atomic mass is 10.00. The van der Waals surface area contributed by atoms with Gasteiger partial charge in [-0.3, -0.25) is 4.86 Å². The summed E-state index contributed by atoms with van der Waals surface area (Å²) in [6.07, 6.45) is 36.5. The molecule has 37 heavy (non-hydrogen) atoms. The third kappa shape index (κ3) is 9.12. The normalized spacial score (nSPS) is 27.0. The molecule has 0 aromatic heterocycles. The quantitative estimate of drug-likeness (QED) is 0.311. The van der Waals surface area contributed by atoms with Gasteiger partial charge in [-0.05, 0) is 51.4 Å². The van der Waals surface area contributed by atoms with Crippen LogP contribution in [0.25, 0.3) is 0 Å². The maximum atomic E-state index is 7.22. The zero-order valence-corrected chi connectivity index (χ0v) is 27.7. The average Bonchev–Trinajstić information content (AvgIpc) is 2.77. The largest absolute Gasteiger partial charge is 0.258 e. The molecule has 0 radical (unpaired) electrons. The van der Waals surface area contributed by atoms with Gasteiger partial charge in [0.1, 0.15) is 0 Å². The van der Waals surface area contributed by atoms with Gasteiger partial charge >= 0.3 is 0 Å². The van der Waals surface area contributed by atoms with E-state index < -0.39 is 12.4 Å². The molecule has 4 saturated carbocycles. The monoisotopic (exact) mass is 585 g/mol. The highest BCUT2D eigenvalue weighted by atomic mass is 32.5. The Kier molecular flexibility index (Phi) is 14.0. The van der Waals surface area contributed by atoms with E-state index in [4.69, 9.17) is 28.5 Å². The molecule has 0 saturated heterocycles. The predicted octanol–water partition coefficient (Wildman–Crippen LogP) is 11.8. The Hall–Kier alpha value is 1.26. The van der Waals surface area contributed by atoms with Gasteiger partial charge in [-0.1, -0.05) is 152 Å². The van der Waals surface area contributed by atoms with Gasteiger partial charge < -0.3 is 0 Å². The smallest absolute Gasteiger partial charge is 0.0223 e. The highest BCUT2D eigenvalue weighted by Crippen LogP contribution is 2.70. The predicted molar refractivity (Wildman–Crippen MR) is 176 cm³/mol. The summed E-state index contributed by atoms with van der Waals surface area (Å²) in [6, 6.07) is 0. The lowest BCUT2D eigenvalue weighted by molar-refractivity contribution is 0.482. The molecule has 0 amide bonds. The van der Waals surface area contributed by atoms with Gasteiger partial charge in [0.25, 0.3) is 0 Å². The number of rotatable bonds is 6. The van der Waals surface area contributed by atoms with Crippen molar-refractivity contribution in [3.05, 3.63) is 0 Å². The van der Waals surface area contributed by atoms with Crippen molar-refractivity contribution in [2.45, 2.75) is 202 Å². The molecule has 0 spiro atoms. The second kappa shape index (κ2) is 16.6. The lowest BCUT2D eigenvalue weighted by Crippen LogP contribution is -2.35. The minimum Gasteiger partial charge on any atom is -0.258 e. The number of hydrogen-bond acceptors (Lipinski definition) is 2. The lowest BCUT2D eigenvalue weighted by Gasteiger charge is -2.48. The van der Waals surface area contributed by atoms with Gasteiger partial charge in [-0.15, -0.1) is 0 Å². The summed E-state index contributed by atoms with van der Waals surface area (Å²) in [5, 5.41) is 0. The van der Waals surface area contributed by atoms with E-state index in [0.717, 1.165) is 22.6 Å². The summed E-state index contributed by atoms with van der Waals surface area (Å²) in [5.41, 5.74) is 3.10. The van der Waals surface area contributed by atoms with Crippen LogP contribution < -0.4 is 4.86 Å². The van der Waals surface area contributed by atoms with Crippen LogP contribution in [0.2, 0.25) is 0 Å². The molecule has 5 heteroatoms. The van der Waals surface area contributed by atoms with E-state index in [0.29, 0.717) is 0 Å². The SMILES string of the molecule is S=P(NP(=S)(C1CCCCCCC1)C1CCCCCCC1)(C1CCCCCCC1)C1CCCCCCC1. The topological polar surface area (TPSA) is 12.0 Å². The van der Waals surface area contributed by atoms with Crippen LogP contribution in [-0.4, -0.2) is 22.6 Å². The van der Waals surface area contributed by atoms with Gasteiger partial charge in [-0.25, -0.2) is 0 Å². The summed E-state index contributed by atoms with van der Waals surface area (Å²) in [7, 11) is 0. The Morgan fingerprint density at radius 3 is 0.649 bits per heavy atom. The van der Waals surface area contributed by atoms with Crippen LogP contribution in [0.15, 0.2) is 0 Å². The first-order chi connectivity index (χ1) is 18.1. The van der Waals surface area contributed by atoms with Crippen LogP contribution in [0.4, 0.5) is 0 Å². The van der Waals surface area contributed by atoms with Crippen LogP contribution >= 0.6 is 12.4 Å². The van der Waals surface area contributed by atoms with Gasteiger partial charge in [0, 0.05) is 35.0 Å². The fourth-order valence-electron chi connectivity index (χ4n) is 8.44. The van der Waals surface area contributed by atoms with Gasteiger partial charge in [0.2, 0.25) is 0 Å². The Morgan fingerprint density at radius 1 is 0.297 bits per heavy atom. The third-order valence-corrected chi connectivity index (χ3v) is 24.7. The molecule has 0 aromatic carbocycles. The van der Waals surface area contributed by atoms with E-state index in [-0.39, 0.29) is 0 Å². The summed E-state index contributed by atoms with van der Waals surface area (Å²) in [4.78, 5) is 4.73. The molecule has 0 heterocycles. The molecule has 0 aliphatic heterocycles. The van der Waals surface area contributed by atoms with Crippen LogP contribution in [0.5, 0.6) is 0 Å². The summed E-state index contributed by atoms with van der Waals surface area (Å²) < 4.78 is 0. The molecule has 0 unspecified atom stereocenters. The van der Waals surface area contributed by atoms with E-state index in [1.807, 2.05) is 0 Å². The van der Waals surface area contributed by atoms with Gasteiger partial charge in [0.15, 0.2) is 0 Å². The van der Waals surface area contributed by atoms with E-state index in [1.165, 1.54) is 180 Å². The summed E-state index contributed by atoms with van der Waals surface area (Å²) >= 11 is 14.4. The minimum absolute atomic E-state index is 0.775. The molecule has 4 fully saturated rings. The molecule has 1 nitrogen and oxygen atoms in total. The standard InChI is InChI=1S/C32H61NP2S2/c36-34(29-21-13-5-1-6-14-22-29,30-23-15-7-2-8-16-24-30)33-35(37,31-25-17-9-3-10-18-26-31)32-27-19-11-4-12-20-28-32/h29-32H,1-28H2,(H,33,36,37). The average molecular weight is 586 g/mol. The van der Waals surface area contributed by atoms with Crippen molar-refractivity contribution >= 4 is 36.0 Å². The highest BCUT2D eigenvalue weighted by Gasteiger charge is 2.44.